The van der Waals surface area contributed by atoms with Gasteiger partial charge in [-0.25, -0.2) is 14.2 Å². The number of benzene rings is 1. The lowest BCUT2D eigenvalue weighted by atomic mass is 9.93. The summed E-state index contributed by atoms with van der Waals surface area (Å²) in [5.41, 5.74) is 3.26. The van der Waals surface area contributed by atoms with Crippen LogP contribution in [0.2, 0.25) is 5.02 Å². The van der Waals surface area contributed by atoms with E-state index < -0.39 is 27.6 Å². The van der Waals surface area contributed by atoms with Crippen LogP contribution in [0.4, 0.5) is 4.39 Å². The molecule has 3 fully saturated rings. The van der Waals surface area contributed by atoms with Crippen LogP contribution in [0.15, 0.2) is 17.1 Å². The predicted molar refractivity (Wildman–Crippen MR) is 118 cm³/mol. The second-order valence-electron chi connectivity index (χ2n) is 8.53. The first-order valence-corrected chi connectivity index (χ1v) is 12.2. The summed E-state index contributed by atoms with van der Waals surface area (Å²) < 4.78 is 48.5. The number of aromatic carboxylic acids is 1. The maximum Gasteiger partial charge on any atom is 0.394 e. The molecule has 2 aromatic rings. The molecule has 5 rings (SSSR count). The van der Waals surface area contributed by atoms with Crippen molar-refractivity contribution in [2.24, 2.45) is 0 Å². The summed E-state index contributed by atoms with van der Waals surface area (Å²) in [6, 6.07) is 1.66. The molecule has 2 saturated heterocycles. The third kappa shape index (κ3) is 5.05. The number of halogens is 2. The number of fused-ring (bicyclic) bond motifs is 2. The maximum absolute atomic E-state index is 15.2. The summed E-state index contributed by atoms with van der Waals surface area (Å²) in [5.74, 6) is -1.89. The zero-order chi connectivity index (χ0) is 24.1. The highest BCUT2D eigenvalue weighted by Gasteiger charge is 2.38. The number of rotatable bonds is 3. The van der Waals surface area contributed by atoms with Gasteiger partial charge in [0.2, 0.25) is 5.43 Å². The van der Waals surface area contributed by atoms with Gasteiger partial charge in [-0.05, 0) is 38.2 Å². The summed E-state index contributed by atoms with van der Waals surface area (Å²) in [6.07, 6.45) is 6.15. The van der Waals surface area contributed by atoms with Gasteiger partial charge in [-0.1, -0.05) is 11.6 Å². The zero-order valence-electron chi connectivity index (χ0n) is 17.4. The number of nitrogens with zero attached hydrogens (tertiary/aromatic N) is 2. The van der Waals surface area contributed by atoms with Crippen LogP contribution < -0.4 is 10.9 Å². The average Bonchev–Trinajstić information content (AvgIpc) is 3.46. The van der Waals surface area contributed by atoms with E-state index in [0.717, 1.165) is 38.6 Å². The molecule has 2 aliphatic heterocycles. The topological polar surface area (TPSA) is 149 Å². The van der Waals surface area contributed by atoms with Gasteiger partial charge in [-0.15, -0.1) is 0 Å². The molecular formula is C20H23ClFN3O7S. The van der Waals surface area contributed by atoms with Crippen molar-refractivity contribution < 1.29 is 31.8 Å². The molecule has 0 unspecified atom stereocenters. The van der Waals surface area contributed by atoms with Crippen LogP contribution in [0.25, 0.3) is 10.9 Å². The molecule has 1 aliphatic carbocycles. The van der Waals surface area contributed by atoms with E-state index in [1.165, 1.54) is 12.3 Å². The second-order valence-corrected chi connectivity index (χ2v) is 9.81. The lowest BCUT2D eigenvalue weighted by Crippen LogP contribution is -2.46. The highest BCUT2D eigenvalue weighted by Crippen LogP contribution is 2.44. The summed E-state index contributed by atoms with van der Waals surface area (Å²) >= 11 is 6.72. The van der Waals surface area contributed by atoms with Gasteiger partial charge >= 0.3 is 16.4 Å². The van der Waals surface area contributed by atoms with Crippen LogP contribution in [0.5, 0.6) is 0 Å². The molecule has 3 aliphatic rings. The van der Waals surface area contributed by atoms with Crippen LogP contribution in [0, 0.1) is 5.82 Å². The van der Waals surface area contributed by atoms with Crippen molar-refractivity contribution in [3.63, 3.8) is 0 Å². The minimum absolute atomic E-state index is 0.0481. The average molecular weight is 504 g/mol. The minimum Gasteiger partial charge on any atom is -0.477 e. The molecule has 10 nitrogen and oxygen atoms in total. The van der Waals surface area contributed by atoms with Crippen molar-refractivity contribution in [1.82, 2.24) is 15.0 Å². The molecule has 0 radical (unpaired) electrons. The molecule has 1 aromatic heterocycles. The van der Waals surface area contributed by atoms with Gasteiger partial charge in [0, 0.05) is 42.9 Å². The number of hydrogen-bond acceptors (Lipinski definition) is 6. The number of aromatic nitrogens is 1. The molecule has 4 N–H and O–H groups in total. The standard InChI is InChI=1S/C20H21ClFN3O3.H2O4S/c21-17-16(10-6-12-2-1-5-23-25(12)8-10)15(22)7-13-18(17)24(11-3-4-11)9-14(19(13)26)20(27)28;1-5(2,3)4/h7,9-12,23H,1-6,8H2,(H,27,28);(H2,1,2,3,4)/t10-,12+;/m1./s1. The molecule has 1 aromatic carbocycles. The van der Waals surface area contributed by atoms with Crippen molar-refractivity contribution in [2.75, 3.05) is 13.1 Å². The Kier molecular flexibility index (Phi) is 6.51. The van der Waals surface area contributed by atoms with E-state index >= 15 is 4.39 Å². The fourth-order valence-electron chi connectivity index (χ4n) is 4.78. The molecule has 2 atom stereocenters. The smallest absolute Gasteiger partial charge is 0.394 e. The summed E-state index contributed by atoms with van der Waals surface area (Å²) in [7, 11) is -4.67. The van der Waals surface area contributed by atoms with Crippen molar-refractivity contribution in [1.29, 1.82) is 0 Å². The number of nitrogens with one attached hydrogen (secondary N) is 1. The molecule has 33 heavy (non-hydrogen) atoms. The number of hydrogen-bond donors (Lipinski definition) is 4. The molecule has 0 bridgehead atoms. The van der Waals surface area contributed by atoms with E-state index in [2.05, 4.69) is 10.4 Å². The molecule has 180 valence electrons. The third-order valence-corrected chi connectivity index (χ3v) is 6.65. The Labute approximate surface area is 193 Å². The first-order valence-electron chi connectivity index (χ1n) is 10.5. The lowest BCUT2D eigenvalue weighted by Gasteiger charge is -2.29. The van der Waals surface area contributed by atoms with E-state index in [9.17, 15) is 14.7 Å². The highest BCUT2D eigenvalue weighted by molar-refractivity contribution is 7.79. The molecule has 13 heteroatoms. The van der Waals surface area contributed by atoms with E-state index in [1.807, 2.05) is 0 Å². The monoisotopic (exact) mass is 503 g/mol. The molecule has 0 amide bonds. The Balaban J connectivity index is 0.000000471. The number of carboxylic acids is 1. The number of hydrazine groups is 1. The van der Waals surface area contributed by atoms with Crippen molar-refractivity contribution in [2.45, 2.75) is 50.1 Å². The quantitative estimate of drug-likeness (QED) is 0.463. The van der Waals surface area contributed by atoms with Crippen LogP contribution in [0.1, 0.15) is 60.0 Å². The van der Waals surface area contributed by atoms with Gasteiger partial charge in [0.25, 0.3) is 0 Å². The third-order valence-electron chi connectivity index (χ3n) is 6.27. The second kappa shape index (κ2) is 8.93. The minimum atomic E-state index is -4.67. The Morgan fingerprint density at radius 2 is 1.88 bits per heavy atom. The van der Waals surface area contributed by atoms with Crippen molar-refractivity contribution >= 4 is 38.9 Å². The van der Waals surface area contributed by atoms with Gasteiger partial charge in [0.15, 0.2) is 0 Å². The van der Waals surface area contributed by atoms with Gasteiger partial charge in [-0.2, -0.15) is 8.42 Å². The molecule has 3 heterocycles. The maximum atomic E-state index is 15.2. The fraction of sp³-hybridized carbons (Fsp3) is 0.500. The largest absolute Gasteiger partial charge is 0.477 e. The Morgan fingerprint density at radius 1 is 1.21 bits per heavy atom. The van der Waals surface area contributed by atoms with E-state index in [-0.39, 0.29) is 27.9 Å². The lowest BCUT2D eigenvalue weighted by molar-refractivity contribution is 0.0694. The Bertz CT molecular complexity index is 1260. The number of carboxylic acid groups (broad SMARTS) is 1. The Morgan fingerprint density at radius 3 is 2.45 bits per heavy atom. The zero-order valence-corrected chi connectivity index (χ0v) is 18.9. The van der Waals surface area contributed by atoms with E-state index in [1.54, 1.807) is 4.57 Å². The molecule has 0 spiro atoms. The van der Waals surface area contributed by atoms with Crippen molar-refractivity contribution in [3.05, 3.63) is 44.5 Å². The fourth-order valence-corrected chi connectivity index (χ4v) is 5.22. The van der Waals surface area contributed by atoms with Gasteiger partial charge in [-0.3, -0.25) is 19.3 Å². The van der Waals surface area contributed by atoms with Crippen LogP contribution in [0.3, 0.4) is 0 Å². The van der Waals surface area contributed by atoms with Crippen LogP contribution in [-0.2, 0) is 10.4 Å². The normalized spacial score (nSPS) is 23.2. The SMILES string of the molecule is O=C(O)c1cn(C2CC2)c2c(Cl)c([C@@H]3C[C@@H]4CCCNN4C3)c(F)cc2c1=O.O=S(=O)(O)O. The number of pyridine rings is 1. The van der Waals surface area contributed by atoms with Crippen LogP contribution >= 0.6 is 11.6 Å². The van der Waals surface area contributed by atoms with Crippen LogP contribution in [-0.4, -0.2) is 57.3 Å². The number of carbonyl (C=O) groups is 1. The first kappa shape index (κ1) is 24.0. The molecular weight excluding hydrogens is 481 g/mol. The summed E-state index contributed by atoms with van der Waals surface area (Å²) in [4.78, 5) is 24.2. The van der Waals surface area contributed by atoms with E-state index in [0.29, 0.717) is 23.7 Å². The summed E-state index contributed by atoms with van der Waals surface area (Å²) in [6.45, 7) is 1.60. The summed E-state index contributed by atoms with van der Waals surface area (Å²) in [5, 5.41) is 11.9. The van der Waals surface area contributed by atoms with Crippen molar-refractivity contribution in [3.8, 4) is 0 Å². The first-order chi connectivity index (χ1) is 15.5. The predicted octanol–water partition coefficient (Wildman–Crippen LogP) is 2.63. The van der Waals surface area contributed by atoms with Gasteiger partial charge < -0.3 is 9.67 Å². The van der Waals surface area contributed by atoms with Gasteiger partial charge in [0.1, 0.15) is 11.4 Å². The van der Waals surface area contributed by atoms with Gasteiger partial charge in [0.05, 0.1) is 15.9 Å². The highest BCUT2D eigenvalue weighted by atomic mass is 35.5. The van der Waals surface area contributed by atoms with E-state index in [4.69, 9.17) is 29.1 Å². The molecule has 1 saturated carbocycles. The Hall–Kier alpha value is -2.09.